The number of carbonyl (C=O) groups is 2. The summed E-state index contributed by atoms with van der Waals surface area (Å²) < 4.78 is 21.8. The Morgan fingerprint density at radius 2 is 1.80 bits per heavy atom. The highest BCUT2D eigenvalue weighted by Gasteiger charge is 2.29. The second kappa shape index (κ2) is 14.5. The molecule has 2 amide bonds. The predicted molar refractivity (Wildman–Crippen MR) is 151 cm³/mol. The first-order valence-corrected chi connectivity index (χ1v) is 12.7. The van der Waals surface area contributed by atoms with E-state index < -0.39 is 42.3 Å². The number of fused-ring (bicyclic) bond motifs is 2. The molecule has 1 aromatic rings. The standard InChI is InChI=1S/C29H40N2O9/c1-15-11-19-25(34)20(14-21(32)27(19)39-7)31-28(35)16(2)9-8-10-22(37-5)26(40-29(30)36)18(4)13-17(3)24(33)23(12-15)38-6/h8-11,13-14,17,22-24,26,32-34H,12H2,1-7H3,(H2,30,36)(H,31,35)/b10-8?,15-11-,16-9+,18-13?. The summed E-state index contributed by atoms with van der Waals surface area (Å²) in [5, 5.41) is 35.3. The number of hydrogen-bond donors (Lipinski definition) is 5. The van der Waals surface area contributed by atoms with Crippen molar-refractivity contribution in [2.45, 2.75) is 58.5 Å². The lowest BCUT2D eigenvalue weighted by molar-refractivity contribution is -0.112. The molecule has 0 spiro atoms. The molecule has 5 atom stereocenters. The molecule has 0 aliphatic carbocycles. The molecule has 5 unspecified atom stereocenters. The lowest BCUT2D eigenvalue weighted by Gasteiger charge is -2.28. The summed E-state index contributed by atoms with van der Waals surface area (Å²) in [6.07, 6.45) is 3.94. The van der Waals surface area contributed by atoms with Crippen LogP contribution >= 0.6 is 0 Å². The highest BCUT2D eigenvalue weighted by atomic mass is 16.6. The number of phenols is 2. The number of anilines is 1. The molecule has 1 heterocycles. The molecule has 11 nitrogen and oxygen atoms in total. The number of primary amides is 1. The zero-order valence-electron chi connectivity index (χ0n) is 23.9. The molecule has 0 radical (unpaired) electrons. The van der Waals surface area contributed by atoms with Gasteiger partial charge in [-0.25, -0.2) is 4.79 Å². The van der Waals surface area contributed by atoms with E-state index in [9.17, 15) is 24.9 Å². The van der Waals surface area contributed by atoms with E-state index in [0.29, 0.717) is 11.1 Å². The summed E-state index contributed by atoms with van der Waals surface area (Å²) in [6.45, 7) is 6.86. The number of aromatic hydroxyl groups is 2. The van der Waals surface area contributed by atoms with Crippen LogP contribution in [0, 0.1) is 5.92 Å². The molecular weight excluding hydrogens is 520 g/mol. The van der Waals surface area contributed by atoms with Gasteiger partial charge in [-0.1, -0.05) is 36.8 Å². The van der Waals surface area contributed by atoms with Gasteiger partial charge >= 0.3 is 6.09 Å². The van der Waals surface area contributed by atoms with Gasteiger partial charge in [-0.05, 0) is 38.8 Å². The molecule has 1 aliphatic heterocycles. The third kappa shape index (κ3) is 8.10. The number of ether oxygens (including phenoxy) is 4. The summed E-state index contributed by atoms with van der Waals surface area (Å²) in [6, 6.07) is 1.19. The Labute approximate surface area is 234 Å². The number of aliphatic hydroxyl groups excluding tert-OH is 1. The molecule has 0 fully saturated rings. The summed E-state index contributed by atoms with van der Waals surface area (Å²) in [7, 11) is 4.25. The van der Waals surface area contributed by atoms with Gasteiger partial charge in [0.15, 0.2) is 17.6 Å². The molecule has 2 bridgehead atoms. The van der Waals surface area contributed by atoms with Crippen molar-refractivity contribution < 1.29 is 43.9 Å². The Morgan fingerprint density at radius 1 is 1.12 bits per heavy atom. The first-order chi connectivity index (χ1) is 18.8. The number of nitrogens with one attached hydrogen (secondary N) is 1. The monoisotopic (exact) mass is 560 g/mol. The van der Waals surface area contributed by atoms with Gasteiger partial charge in [0.1, 0.15) is 11.9 Å². The van der Waals surface area contributed by atoms with E-state index in [1.54, 1.807) is 52.0 Å². The molecule has 0 saturated heterocycles. The molecule has 0 aromatic heterocycles. The zero-order valence-corrected chi connectivity index (χ0v) is 23.9. The summed E-state index contributed by atoms with van der Waals surface area (Å²) >= 11 is 0. The maximum absolute atomic E-state index is 12.9. The Bertz CT molecular complexity index is 1200. The van der Waals surface area contributed by atoms with Gasteiger partial charge in [0.05, 0.1) is 30.6 Å². The highest BCUT2D eigenvalue weighted by molar-refractivity contribution is 6.05. The Kier molecular flexibility index (Phi) is 11.8. The van der Waals surface area contributed by atoms with Crippen molar-refractivity contribution in [1.29, 1.82) is 0 Å². The van der Waals surface area contributed by atoms with E-state index >= 15 is 0 Å². The fourth-order valence-electron chi connectivity index (χ4n) is 4.47. The first-order valence-electron chi connectivity index (χ1n) is 12.7. The van der Waals surface area contributed by atoms with Crippen LogP contribution in [0.5, 0.6) is 17.2 Å². The van der Waals surface area contributed by atoms with Crippen molar-refractivity contribution in [3.63, 3.8) is 0 Å². The van der Waals surface area contributed by atoms with Crippen molar-refractivity contribution in [2.75, 3.05) is 26.6 Å². The number of aliphatic hydroxyl groups is 1. The van der Waals surface area contributed by atoms with E-state index in [2.05, 4.69) is 5.32 Å². The van der Waals surface area contributed by atoms with E-state index in [0.717, 1.165) is 0 Å². The van der Waals surface area contributed by atoms with Crippen LogP contribution in [0.1, 0.15) is 39.7 Å². The number of nitrogens with two attached hydrogens (primary N) is 1. The number of allylic oxidation sites excluding steroid dienone is 2. The van der Waals surface area contributed by atoms with Crippen molar-refractivity contribution in [2.24, 2.45) is 11.7 Å². The number of carbonyl (C=O) groups excluding carboxylic acids is 2. The maximum Gasteiger partial charge on any atom is 0.405 e. The number of phenolic OH excluding ortho intramolecular Hbond substituents is 2. The number of methoxy groups -OCH3 is 3. The van der Waals surface area contributed by atoms with E-state index in [-0.39, 0.29) is 40.5 Å². The highest BCUT2D eigenvalue weighted by Crippen LogP contribution is 2.43. The second-order valence-corrected chi connectivity index (χ2v) is 9.71. The van der Waals surface area contributed by atoms with Gasteiger partial charge in [0, 0.05) is 31.8 Å². The summed E-state index contributed by atoms with van der Waals surface area (Å²) in [5.74, 6) is -1.57. The number of rotatable bonds is 4. The number of hydrogen-bond acceptors (Lipinski definition) is 9. The Balaban J connectivity index is 2.72. The van der Waals surface area contributed by atoms with E-state index in [1.165, 1.54) is 33.5 Å². The molecule has 40 heavy (non-hydrogen) atoms. The average molecular weight is 561 g/mol. The van der Waals surface area contributed by atoms with Crippen LogP contribution in [0.25, 0.3) is 6.08 Å². The van der Waals surface area contributed by atoms with Gasteiger partial charge in [-0.3, -0.25) is 4.79 Å². The minimum Gasteiger partial charge on any atom is -0.505 e. The van der Waals surface area contributed by atoms with E-state index in [4.69, 9.17) is 24.7 Å². The van der Waals surface area contributed by atoms with Gasteiger partial charge < -0.3 is 45.3 Å². The number of amides is 2. The topological polar surface area (TPSA) is 170 Å². The second-order valence-electron chi connectivity index (χ2n) is 9.71. The fourth-order valence-corrected chi connectivity index (χ4v) is 4.47. The molecule has 6 N–H and O–H groups in total. The molecule has 1 aliphatic rings. The van der Waals surface area contributed by atoms with Crippen LogP contribution in [0.2, 0.25) is 0 Å². The summed E-state index contributed by atoms with van der Waals surface area (Å²) in [5.41, 5.74) is 6.98. The lowest BCUT2D eigenvalue weighted by atomic mass is 9.91. The van der Waals surface area contributed by atoms with Crippen molar-refractivity contribution >= 4 is 23.8 Å². The van der Waals surface area contributed by atoms with Gasteiger partial charge in [-0.15, -0.1) is 0 Å². The molecule has 11 heteroatoms. The first kappa shape index (κ1) is 32.4. The van der Waals surface area contributed by atoms with Crippen LogP contribution in [0.15, 0.2) is 47.1 Å². The average Bonchev–Trinajstić information content (AvgIpc) is 2.90. The maximum atomic E-state index is 12.9. The summed E-state index contributed by atoms with van der Waals surface area (Å²) in [4.78, 5) is 24.6. The van der Waals surface area contributed by atoms with Crippen LogP contribution < -0.4 is 15.8 Å². The molecule has 2 rings (SSSR count). The quantitative estimate of drug-likeness (QED) is 0.209. The SMILES string of the molecule is COc1c(O)cc2c(O)c1/C=C(/C)CC(OC)C(O)C(C)C=C(C)C(OC(N)=O)C(OC)C=C/C=C(\C)C(=O)N2. The van der Waals surface area contributed by atoms with Crippen LogP contribution in [0.3, 0.4) is 0 Å². The largest absolute Gasteiger partial charge is 0.505 e. The van der Waals surface area contributed by atoms with Gasteiger partial charge in [0.2, 0.25) is 0 Å². The minimum atomic E-state index is -0.998. The van der Waals surface area contributed by atoms with Gasteiger partial charge in [0.25, 0.3) is 5.91 Å². The van der Waals surface area contributed by atoms with Crippen LogP contribution in [0.4, 0.5) is 10.5 Å². The van der Waals surface area contributed by atoms with Crippen molar-refractivity contribution in [1.82, 2.24) is 0 Å². The fraction of sp³-hybridized carbons (Fsp3) is 0.448. The third-order valence-corrected chi connectivity index (χ3v) is 6.65. The predicted octanol–water partition coefficient (Wildman–Crippen LogP) is 3.79. The van der Waals surface area contributed by atoms with Gasteiger partial charge in [-0.2, -0.15) is 0 Å². The molecule has 1 aromatic carbocycles. The molecular formula is C29H40N2O9. The zero-order chi connectivity index (χ0) is 30.1. The molecule has 220 valence electrons. The van der Waals surface area contributed by atoms with Crippen LogP contribution in [-0.4, -0.2) is 73.1 Å². The number of benzene rings is 1. The van der Waals surface area contributed by atoms with E-state index in [1.807, 2.05) is 0 Å². The lowest BCUT2D eigenvalue weighted by Crippen LogP contribution is -2.36. The Hall–Kier alpha value is -3.80. The smallest absolute Gasteiger partial charge is 0.405 e. The normalized spacial score (nSPS) is 27.4. The molecule has 0 saturated carbocycles. The van der Waals surface area contributed by atoms with Crippen LogP contribution in [-0.2, 0) is 19.0 Å². The van der Waals surface area contributed by atoms with Crippen molar-refractivity contribution in [3.05, 3.63) is 52.7 Å². The third-order valence-electron chi connectivity index (χ3n) is 6.65. The minimum absolute atomic E-state index is 0.0171. The van der Waals surface area contributed by atoms with Crippen molar-refractivity contribution in [3.8, 4) is 17.2 Å². The Morgan fingerprint density at radius 3 is 2.38 bits per heavy atom.